The lowest BCUT2D eigenvalue weighted by atomic mass is 10.1. The van der Waals surface area contributed by atoms with Crippen LogP contribution in [0.2, 0.25) is 0 Å². The van der Waals surface area contributed by atoms with Crippen LogP contribution in [-0.4, -0.2) is 37.3 Å². The van der Waals surface area contributed by atoms with E-state index in [1.54, 1.807) is 13.2 Å². The Morgan fingerprint density at radius 1 is 1.50 bits per heavy atom. The molecule has 1 aromatic carbocycles. The van der Waals surface area contributed by atoms with Gasteiger partial charge in [0.1, 0.15) is 0 Å². The maximum Gasteiger partial charge on any atom is 0.163 e. The highest BCUT2D eigenvalue weighted by Crippen LogP contribution is 2.29. The number of ether oxygens (including phenoxy) is 3. The molecule has 20 heavy (non-hydrogen) atoms. The lowest BCUT2D eigenvalue weighted by Gasteiger charge is -2.20. The number of phenols is 1. The topological polar surface area (TPSA) is 60.0 Å². The molecule has 0 aromatic heterocycles. The van der Waals surface area contributed by atoms with E-state index in [4.69, 9.17) is 14.2 Å². The smallest absolute Gasteiger partial charge is 0.163 e. The quantitative estimate of drug-likeness (QED) is 0.866. The number of hydrogen-bond donors (Lipinski definition) is 2. The molecule has 1 heterocycles. The van der Waals surface area contributed by atoms with Crippen molar-refractivity contribution >= 4 is 0 Å². The van der Waals surface area contributed by atoms with E-state index in [9.17, 15) is 5.11 Å². The van der Waals surface area contributed by atoms with E-state index in [1.807, 2.05) is 26.0 Å². The first-order valence-electron chi connectivity index (χ1n) is 6.83. The van der Waals surface area contributed by atoms with Crippen molar-refractivity contribution in [2.24, 2.45) is 0 Å². The second kappa shape index (κ2) is 5.99. The van der Waals surface area contributed by atoms with E-state index in [-0.39, 0.29) is 17.9 Å². The van der Waals surface area contributed by atoms with Gasteiger partial charge in [-0.2, -0.15) is 0 Å². The van der Waals surface area contributed by atoms with Crippen LogP contribution in [0.15, 0.2) is 18.2 Å². The molecule has 0 spiro atoms. The molecule has 2 rings (SSSR count). The fourth-order valence-electron chi connectivity index (χ4n) is 2.25. The van der Waals surface area contributed by atoms with Gasteiger partial charge in [0.05, 0.1) is 19.8 Å². The van der Waals surface area contributed by atoms with Crippen LogP contribution in [0.1, 0.15) is 32.4 Å². The number of nitrogens with one attached hydrogen (secondary N) is 1. The summed E-state index contributed by atoms with van der Waals surface area (Å²) in [5.41, 5.74) is 1.05. The summed E-state index contributed by atoms with van der Waals surface area (Å²) < 4.78 is 16.4. The Kier molecular flexibility index (Phi) is 4.52. The first-order chi connectivity index (χ1) is 9.41. The third-order valence-corrected chi connectivity index (χ3v) is 3.42. The maximum absolute atomic E-state index is 9.59. The van der Waals surface area contributed by atoms with Gasteiger partial charge < -0.3 is 24.6 Å². The summed E-state index contributed by atoms with van der Waals surface area (Å²) in [6, 6.07) is 5.50. The van der Waals surface area contributed by atoms with Gasteiger partial charge in [0.2, 0.25) is 0 Å². The molecule has 2 N–H and O–H groups in total. The van der Waals surface area contributed by atoms with E-state index in [1.165, 1.54) is 0 Å². The number of benzene rings is 1. The van der Waals surface area contributed by atoms with Gasteiger partial charge in [0, 0.05) is 12.6 Å². The van der Waals surface area contributed by atoms with Crippen molar-refractivity contribution in [2.45, 2.75) is 38.7 Å². The van der Waals surface area contributed by atoms with Crippen molar-refractivity contribution in [1.82, 2.24) is 5.32 Å². The second-order valence-corrected chi connectivity index (χ2v) is 5.51. The second-order valence-electron chi connectivity index (χ2n) is 5.51. The predicted molar refractivity (Wildman–Crippen MR) is 76.0 cm³/mol. The summed E-state index contributed by atoms with van der Waals surface area (Å²) in [5, 5.41) is 13.0. The van der Waals surface area contributed by atoms with E-state index >= 15 is 0 Å². The minimum Gasteiger partial charge on any atom is -0.504 e. The largest absolute Gasteiger partial charge is 0.504 e. The third kappa shape index (κ3) is 3.62. The monoisotopic (exact) mass is 281 g/mol. The van der Waals surface area contributed by atoms with Crippen molar-refractivity contribution in [3.8, 4) is 11.5 Å². The minimum absolute atomic E-state index is 0.0615. The van der Waals surface area contributed by atoms with Gasteiger partial charge in [0.15, 0.2) is 17.3 Å². The molecule has 0 saturated carbocycles. The SMILES string of the molecule is COc1cc(C(C)NCC2COC(C)(C)O2)ccc1O. The van der Waals surface area contributed by atoms with Crippen LogP contribution in [0.25, 0.3) is 0 Å². The van der Waals surface area contributed by atoms with E-state index < -0.39 is 5.79 Å². The fourth-order valence-corrected chi connectivity index (χ4v) is 2.25. The van der Waals surface area contributed by atoms with Crippen LogP contribution in [0, 0.1) is 0 Å². The van der Waals surface area contributed by atoms with Gasteiger partial charge in [-0.15, -0.1) is 0 Å². The number of phenolic OH excluding ortho intramolecular Hbond substituents is 1. The molecule has 2 atom stereocenters. The highest BCUT2D eigenvalue weighted by atomic mass is 16.7. The first kappa shape index (κ1) is 15.1. The van der Waals surface area contributed by atoms with Crippen molar-refractivity contribution in [1.29, 1.82) is 0 Å². The Hall–Kier alpha value is -1.30. The Morgan fingerprint density at radius 2 is 2.25 bits per heavy atom. The molecule has 1 aromatic rings. The summed E-state index contributed by atoms with van der Waals surface area (Å²) >= 11 is 0. The van der Waals surface area contributed by atoms with Gasteiger partial charge >= 0.3 is 0 Å². The van der Waals surface area contributed by atoms with Crippen LogP contribution in [0.3, 0.4) is 0 Å². The Balaban J connectivity index is 1.90. The highest BCUT2D eigenvalue weighted by Gasteiger charge is 2.32. The normalized spacial score (nSPS) is 22.7. The average Bonchev–Trinajstić information content (AvgIpc) is 2.76. The Bertz CT molecular complexity index is 461. The fraction of sp³-hybridized carbons (Fsp3) is 0.600. The van der Waals surface area contributed by atoms with Crippen LogP contribution < -0.4 is 10.1 Å². The summed E-state index contributed by atoms with van der Waals surface area (Å²) in [7, 11) is 1.54. The molecule has 112 valence electrons. The van der Waals surface area contributed by atoms with Gasteiger partial charge in [-0.3, -0.25) is 0 Å². The Morgan fingerprint density at radius 3 is 2.85 bits per heavy atom. The first-order valence-corrected chi connectivity index (χ1v) is 6.83. The van der Waals surface area contributed by atoms with Gasteiger partial charge in [-0.05, 0) is 38.5 Å². The van der Waals surface area contributed by atoms with Crippen molar-refractivity contribution in [3.63, 3.8) is 0 Å². The number of rotatable bonds is 5. The third-order valence-electron chi connectivity index (χ3n) is 3.42. The standard InChI is InChI=1S/C15H23NO4/c1-10(11-5-6-13(17)14(7-11)18-4)16-8-12-9-19-15(2,3)20-12/h5-7,10,12,16-17H,8-9H2,1-4H3. The average molecular weight is 281 g/mol. The molecule has 2 unspecified atom stereocenters. The highest BCUT2D eigenvalue weighted by molar-refractivity contribution is 5.42. The molecule has 1 aliphatic heterocycles. The lowest BCUT2D eigenvalue weighted by Crippen LogP contribution is -2.32. The molecule has 1 saturated heterocycles. The molecule has 0 aliphatic carbocycles. The predicted octanol–water partition coefficient (Wildman–Crippen LogP) is 2.20. The molecule has 0 amide bonds. The van der Waals surface area contributed by atoms with Crippen LogP contribution in [-0.2, 0) is 9.47 Å². The number of methoxy groups -OCH3 is 1. The zero-order valence-corrected chi connectivity index (χ0v) is 12.5. The zero-order valence-electron chi connectivity index (χ0n) is 12.5. The maximum atomic E-state index is 9.59. The summed E-state index contributed by atoms with van der Waals surface area (Å²) in [4.78, 5) is 0. The van der Waals surface area contributed by atoms with Crippen molar-refractivity contribution in [2.75, 3.05) is 20.3 Å². The van der Waals surface area contributed by atoms with Gasteiger partial charge in [0.25, 0.3) is 0 Å². The van der Waals surface area contributed by atoms with Crippen LogP contribution in [0.5, 0.6) is 11.5 Å². The summed E-state index contributed by atoms with van der Waals surface area (Å²) in [6.45, 7) is 7.22. The zero-order chi connectivity index (χ0) is 14.8. The summed E-state index contributed by atoms with van der Waals surface area (Å²) in [6.07, 6.45) is 0.0615. The van der Waals surface area contributed by atoms with Gasteiger partial charge in [-0.25, -0.2) is 0 Å². The van der Waals surface area contributed by atoms with E-state index in [2.05, 4.69) is 12.2 Å². The molecular formula is C15H23NO4. The molecule has 1 aliphatic rings. The molecule has 0 bridgehead atoms. The molecule has 5 heteroatoms. The Labute approximate surface area is 119 Å². The van der Waals surface area contributed by atoms with Crippen LogP contribution >= 0.6 is 0 Å². The van der Waals surface area contributed by atoms with E-state index in [0.717, 1.165) is 5.56 Å². The van der Waals surface area contributed by atoms with E-state index in [0.29, 0.717) is 18.9 Å². The van der Waals surface area contributed by atoms with Crippen molar-refractivity contribution < 1.29 is 19.3 Å². The van der Waals surface area contributed by atoms with Crippen LogP contribution in [0.4, 0.5) is 0 Å². The molecule has 5 nitrogen and oxygen atoms in total. The molecule has 1 fully saturated rings. The molecule has 0 radical (unpaired) electrons. The minimum atomic E-state index is -0.489. The molecular weight excluding hydrogens is 258 g/mol. The summed E-state index contributed by atoms with van der Waals surface area (Å²) in [5.74, 6) is 0.146. The lowest BCUT2D eigenvalue weighted by molar-refractivity contribution is -0.137. The van der Waals surface area contributed by atoms with Crippen molar-refractivity contribution in [3.05, 3.63) is 23.8 Å². The number of hydrogen-bond acceptors (Lipinski definition) is 5. The van der Waals surface area contributed by atoms with Gasteiger partial charge in [-0.1, -0.05) is 6.07 Å². The number of aromatic hydroxyl groups is 1.